The van der Waals surface area contributed by atoms with Crippen LogP contribution in [0.5, 0.6) is 0 Å². The standard InChI is InChI=1S/C48H82NO10P/c1-3-5-7-9-11-13-15-17-19-21-22-24-25-27-29-31-33-35-37-39-46(50)56-41-44(42-57-60(54,55)58-43-45(49)48(52)53)59-47(51)40-38-36-34-32-30-28-26-23-20-18-16-14-12-10-8-6-4-2/h6,8,12,14,17-20,26,28,32,34,44-45H,3-5,7,9-11,13,15-16,21-25,27,29-31,33,35-43,49H2,1-2H3,(H,52,53)(H,54,55)/b8-6-,14-12-,19-17-,20-18-,28-26-,34-32-/t44-,45+/m1/s1. The first-order chi connectivity index (χ1) is 29.1. The highest BCUT2D eigenvalue weighted by atomic mass is 31.2. The number of carbonyl (C=O) groups is 3. The number of esters is 2. The van der Waals surface area contributed by atoms with E-state index in [1.807, 2.05) is 12.2 Å². The summed E-state index contributed by atoms with van der Waals surface area (Å²) >= 11 is 0. The fourth-order valence-electron chi connectivity index (χ4n) is 5.86. The van der Waals surface area contributed by atoms with E-state index >= 15 is 0 Å². The molecule has 0 aliphatic rings. The topological polar surface area (TPSA) is 172 Å². The molecule has 3 atom stereocenters. The molecular weight excluding hydrogens is 781 g/mol. The third kappa shape index (κ3) is 41.6. The van der Waals surface area contributed by atoms with E-state index in [0.29, 0.717) is 19.3 Å². The molecule has 1 unspecified atom stereocenters. The monoisotopic (exact) mass is 864 g/mol. The van der Waals surface area contributed by atoms with Gasteiger partial charge in [0.15, 0.2) is 6.10 Å². The number of ether oxygens (including phenoxy) is 2. The Labute approximate surface area is 363 Å². The molecule has 0 aliphatic heterocycles. The van der Waals surface area contributed by atoms with E-state index in [9.17, 15) is 23.8 Å². The van der Waals surface area contributed by atoms with Crippen LogP contribution in [0.1, 0.15) is 181 Å². The van der Waals surface area contributed by atoms with Gasteiger partial charge in [-0.2, -0.15) is 0 Å². The van der Waals surface area contributed by atoms with Crippen LogP contribution in [0.2, 0.25) is 0 Å². The van der Waals surface area contributed by atoms with Crippen molar-refractivity contribution in [3.05, 3.63) is 72.9 Å². The molecule has 0 aromatic rings. The quantitative estimate of drug-likeness (QED) is 0.0231. The Bertz CT molecular complexity index is 1290. The maximum absolute atomic E-state index is 12.6. The van der Waals surface area contributed by atoms with E-state index < -0.39 is 51.1 Å². The molecule has 0 spiro atoms. The number of carboxylic acid groups (broad SMARTS) is 1. The van der Waals surface area contributed by atoms with Crippen molar-refractivity contribution < 1.29 is 47.5 Å². The Morgan fingerprint density at radius 3 is 1.47 bits per heavy atom. The molecule has 0 aromatic carbocycles. The lowest BCUT2D eigenvalue weighted by Crippen LogP contribution is -2.34. The van der Waals surface area contributed by atoms with Crippen LogP contribution in [0.3, 0.4) is 0 Å². The minimum Gasteiger partial charge on any atom is -0.480 e. The summed E-state index contributed by atoms with van der Waals surface area (Å²) in [5, 5.41) is 8.90. The number of phosphoric ester groups is 1. The number of rotatable bonds is 42. The maximum Gasteiger partial charge on any atom is 0.472 e. The average Bonchev–Trinajstić information content (AvgIpc) is 3.22. The zero-order valence-corrected chi connectivity index (χ0v) is 38.2. The second kappa shape index (κ2) is 42.6. The van der Waals surface area contributed by atoms with Crippen molar-refractivity contribution in [2.24, 2.45) is 5.73 Å². The van der Waals surface area contributed by atoms with Crippen molar-refractivity contribution in [3.8, 4) is 0 Å². The molecule has 0 aromatic heterocycles. The van der Waals surface area contributed by atoms with Crippen molar-refractivity contribution >= 4 is 25.7 Å². The summed E-state index contributed by atoms with van der Waals surface area (Å²) in [5.74, 6) is -2.46. The van der Waals surface area contributed by atoms with E-state index in [0.717, 1.165) is 51.4 Å². The van der Waals surface area contributed by atoms with E-state index in [1.165, 1.54) is 83.5 Å². The molecule has 0 saturated heterocycles. The zero-order valence-electron chi connectivity index (χ0n) is 37.3. The second-order valence-corrected chi connectivity index (χ2v) is 16.6. The highest BCUT2D eigenvalue weighted by Crippen LogP contribution is 2.43. The molecular formula is C48H82NO10P. The zero-order chi connectivity index (χ0) is 44.2. The summed E-state index contributed by atoms with van der Waals surface area (Å²) in [4.78, 5) is 46.0. The minimum atomic E-state index is -4.74. The molecule has 0 bridgehead atoms. The van der Waals surface area contributed by atoms with Gasteiger partial charge in [0.05, 0.1) is 13.2 Å². The third-order valence-corrected chi connectivity index (χ3v) is 10.4. The van der Waals surface area contributed by atoms with Crippen molar-refractivity contribution in [1.29, 1.82) is 0 Å². The Morgan fingerprint density at radius 2 is 0.950 bits per heavy atom. The Kier molecular flexibility index (Phi) is 40.4. The number of allylic oxidation sites excluding steroid dienone is 12. The van der Waals surface area contributed by atoms with Gasteiger partial charge in [-0.1, -0.05) is 164 Å². The van der Waals surface area contributed by atoms with E-state index in [1.54, 1.807) is 0 Å². The fraction of sp³-hybridized carbons (Fsp3) is 0.688. The smallest absolute Gasteiger partial charge is 0.472 e. The second-order valence-electron chi connectivity index (χ2n) is 15.1. The summed E-state index contributed by atoms with van der Waals surface area (Å²) in [6.07, 6.45) is 51.2. The van der Waals surface area contributed by atoms with Crippen LogP contribution in [0.25, 0.3) is 0 Å². The van der Waals surface area contributed by atoms with Gasteiger partial charge in [0, 0.05) is 12.8 Å². The van der Waals surface area contributed by atoms with Crippen molar-refractivity contribution in [1.82, 2.24) is 0 Å². The first-order valence-electron chi connectivity index (χ1n) is 23.0. The number of carboxylic acids is 1. The van der Waals surface area contributed by atoms with Gasteiger partial charge in [-0.25, -0.2) is 4.57 Å². The van der Waals surface area contributed by atoms with Gasteiger partial charge < -0.3 is 25.2 Å². The van der Waals surface area contributed by atoms with Crippen LogP contribution >= 0.6 is 7.82 Å². The lowest BCUT2D eigenvalue weighted by Gasteiger charge is -2.20. The van der Waals surface area contributed by atoms with Crippen LogP contribution in [0.4, 0.5) is 0 Å². The van der Waals surface area contributed by atoms with Gasteiger partial charge in [-0.15, -0.1) is 0 Å². The van der Waals surface area contributed by atoms with Crippen LogP contribution in [-0.4, -0.2) is 59.9 Å². The number of carbonyl (C=O) groups excluding carboxylic acids is 2. The molecule has 0 aliphatic carbocycles. The third-order valence-electron chi connectivity index (χ3n) is 9.44. The summed E-state index contributed by atoms with van der Waals surface area (Å²) in [7, 11) is -4.74. The Hall–Kier alpha value is -3.08. The molecule has 0 amide bonds. The van der Waals surface area contributed by atoms with Crippen LogP contribution in [0, 0.1) is 0 Å². The SMILES string of the molecule is CC/C=C\C/C=C\C/C=C\C/C=C\C/C=C\CCCC(=O)O[C@H](COC(=O)CCCCCCCCCCC/C=C\CCCCCCCC)COP(=O)(O)OC[C@H](N)C(=O)O. The summed E-state index contributed by atoms with van der Waals surface area (Å²) in [5.41, 5.74) is 5.33. The number of unbranched alkanes of at least 4 members (excludes halogenated alkanes) is 16. The molecule has 0 saturated carbocycles. The van der Waals surface area contributed by atoms with Crippen LogP contribution in [-0.2, 0) is 37.5 Å². The molecule has 4 N–H and O–H groups in total. The molecule has 344 valence electrons. The number of aliphatic carboxylic acids is 1. The van der Waals surface area contributed by atoms with Crippen molar-refractivity contribution in [2.45, 2.75) is 193 Å². The number of nitrogens with two attached hydrogens (primary N) is 1. The average molecular weight is 864 g/mol. The van der Waals surface area contributed by atoms with Crippen LogP contribution in [0.15, 0.2) is 72.9 Å². The van der Waals surface area contributed by atoms with E-state index in [-0.39, 0.29) is 19.4 Å². The first kappa shape index (κ1) is 56.9. The van der Waals surface area contributed by atoms with E-state index in [2.05, 4.69) is 79.1 Å². The highest BCUT2D eigenvalue weighted by molar-refractivity contribution is 7.47. The van der Waals surface area contributed by atoms with Crippen LogP contribution < -0.4 is 5.73 Å². The van der Waals surface area contributed by atoms with E-state index in [4.69, 9.17) is 24.8 Å². The van der Waals surface area contributed by atoms with Gasteiger partial charge in [0.1, 0.15) is 12.6 Å². The maximum atomic E-state index is 12.6. The van der Waals surface area contributed by atoms with Crippen molar-refractivity contribution in [2.75, 3.05) is 19.8 Å². The van der Waals surface area contributed by atoms with Gasteiger partial charge >= 0.3 is 25.7 Å². The lowest BCUT2D eigenvalue weighted by molar-refractivity contribution is -0.161. The normalized spacial score (nSPS) is 14.3. The van der Waals surface area contributed by atoms with Gasteiger partial charge in [-0.05, 0) is 77.0 Å². The minimum absolute atomic E-state index is 0.0796. The predicted molar refractivity (Wildman–Crippen MR) is 244 cm³/mol. The Balaban J connectivity index is 4.41. The summed E-state index contributed by atoms with van der Waals surface area (Å²) in [6.45, 7) is 2.63. The largest absolute Gasteiger partial charge is 0.480 e. The molecule has 0 radical (unpaired) electrons. The number of hydrogen-bond donors (Lipinski definition) is 3. The predicted octanol–water partition coefficient (Wildman–Crippen LogP) is 12.5. The molecule has 0 fully saturated rings. The summed E-state index contributed by atoms with van der Waals surface area (Å²) < 4.78 is 32.7. The van der Waals surface area contributed by atoms with Gasteiger partial charge in [0.2, 0.25) is 0 Å². The molecule has 12 heteroatoms. The summed E-state index contributed by atoms with van der Waals surface area (Å²) in [6, 6.07) is -1.53. The lowest BCUT2D eigenvalue weighted by atomic mass is 10.1. The number of phosphoric acid groups is 1. The van der Waals surface area contributed by atoms with Gasteiger partial charge in [-0.3, -0.25) is 23.4 Å². The molecule has 0 heterocycles. The molecule has 60 heavy (non-hydrogen) atoms. The fourth-order valence-corrected chi connectivity index (χ4v) is 6.64. The van der Waals surface area contributed by atoms with Gasteiger partial charge in [0.25, 0.3) is 0 Å². The highest BCUT2D eigenvalue weighted by Gasteiger charge is 2.28. The van der Waals surface area contributed by atoms with Crippen molar-refractivity contribution in [3.63, 3.8) is 0 Å². The first-order valence-corrected chi connectivity index (χ1v) is 24.5. The Morgan fingerprint density at radius 1 is 0.533 bits per heavy atom. The number of hydrogen-bond acceptors (Lipinski definition) is 9. The molecule has 0 rings (SSSR count). The molecule has 11 nitrogen and oxygen atoms in total.